The Labute approximate surface area is 89.3 Å². The van der Waals surface area contributed by atoms with E-state index in [1.54, 1.807) is 0 Å². The molecule has 0 aliphatic heterocycles. The first-order valence-corrected chi connectivity index (χ1v) is 7.34. The van der Waals surface area contributed by atoms with E-state index in [2.05, 4.69) is 19.6 Å². The second-order valence-corrected chi connectivity index (χ2v) is 6.11. The summed E-state index contributed by atoms with van der Waals surface area (Å²) in [4.78, 5) is 0. The molecule has 2 nitrogen and oxygen atoms in total. The summed E-state index contributed by atoms with van der Waals surface area (Å²) in [6, 6.07) is 0. The van der Waals surface area contributed by atoms with Crippen LogP contribution in [0, 0.1) is 0 Å². The van der Waals surface area contributed by atoms with E-state index in [0.29, 0.717) is 5.54 Å². The molecule has 0 amide bonds. The van der Waals surface area contributed by atoms with Crippen molar-refractivity contribution in [3.05, 3.63) is 0 Å². The van der Waals surface area contributed by atoms with E-state index in [4.69, 9.17) is 8.85 Å². The molecule has 0 N–H and O–H groups in total. The Morgan fingerprint density at radius 2 is 1.77 bits per heavy atom. The summed E-state index contributed by atoms with van der Waals surface area (Å²) in [5, 5.41) is 0. The molecule has 0 aliphatic rings. The number of hydrogen-bond acceptors (Lipinski definition) is 3. The smallest absolute Gasteiger partial charge is 0.324 e. The van der Waals surface area contributed by atoms with Gasteiger partial charge in [0.15, 0.2) is 0 Å². The lowest BCUT2D eigenvalue weighted by Gasteiger charge is -2.20. The predicted molar refractivity (Wildman–Crippen MR) is 62.9 cm³/mol. The summed E-state index contributed by atoms with van der Waals surface area (Å²) in [5.74, 6) is 0.962. The van der Waals surface area contributed by atoms with Crippen LogP contribution in [-0.2, 0) is 8.85 Å². The molecule has 0 aliphatic carbocycles. The predicted octanol–water partition coefficient (Wildman–Crippen LogP) is 2.38. The summed E-state index contributed by atoms with van der Waals surface area (Å²) in [6.45, 7) is 7.85. The van der Waals surface area contributed by atoms with Crippen LogP contribution < -0.4 is 0 Å². The van der Waals surface area contributed by atoms with E-state index in [1.165, 1.54) is 6.42 Å². The van der Waals surface area contributed by atoms with Crippen LogP contribution in [-0.4, -0.2) is 28.3 Å². The van der Waals surface area contributed by atoms with Crippen molar-refractivity contribution in [2.75, 3.05) is 19.0 Å². The third-order valence-electron chi connectivity index (χ3n) is 1.94. The molecule has 0 heterocycles. The van der Waals surface area contributed by atoms with Gasteiger partial charge in [-0.1, -0.05) is 6.92 Å². The average molecular weight is 222 g/mol. The van der Waals surface area contributed by atoms with Gasteiger partial charge in [0.25, 0.3) is 0 Å². The van der Waals surface area contributed by atoms with Gasteiger partial charge in [0.2, 0.25) is 0 Å². The second kappa shape index (κ2) is 9.06. The zero-order valence-electron chi connectivity index (χ0n) is 8.95. The van der Waals surface area contributed by atoms with Crippen molar-refractivity contribution in [2.45, 2.75) is 39.2 Å². The molecule has 0 spiro atoms. The topological polar surface area (TPSA) is 18.5 Å². The van der Waals surface area contributed by atoms with E-state index in [-0.39, 0.29) is 0 Å². The van der Waals surface area contributed by atoms with E-state index < -0.39 is 9.28 Å². The average Bonchev–Trinajstić information content (AvgIpc) is 2.14. The first-order chi connectivity index (χ1) is 6.26. The first-order valence-electron chi connectivity index (χ1n) is 5.10. The maximum absolute atomic E-state index is 5.63. The second-order valence-electron chi connectivity index (χ2n) is 3.12. The Morgan fingerprint density at radius 1 is 1.23 bits per heavy atom. The first kappa shape index (κ1) is 13.5. The largest absolute Gasteiger partial charge is 0.397 e. The normalized spacial score (nSPS) is 13.6. The lowest BCUT2D eigenvalue weighted by molar-refractivity contribution is 0.204. The van der Waals surface area contributed by atoms with Crippen LogP contribution in [0.1, 0.15) is 33.6 Å². The lowest BCUT2D eigenvalue weighted by atomic mass is 10.3. The van der Waals surface area contributed by atoms with Crippen molar-refractivity contribution in [3.63, 3.8) is 0 Å². The zero-order valence-corrected chi connectivity index (χ0v) is 11.0. The maximum Gasteiger partial charge on any atom is 0.324 e. The molecule has 4 heteroatoms. The zero-order chi connectivity index (χ0) is 10.1. The van der Waals surface area contributed by atoms with Crippen LogP contribution in [0.2, 0.25) is 5.54 Å². The van der Waals surface area contributed by atoms with Gasteiger partial charge in [-0.15, -0.1) is 0 Å². The molecule has 0 radical (unpaired) electrons. The molecule has 13 heavy (non-hydrogen) atoms. The molecule has 0 bridgehead atoms. The minimum atomic E-state index is -1.39. The molecule has 0 fully saturated rings. The Hall–Kier alpha value is 0.487. The molecule has 0 rings (SSSR count). The van der Waals surface area contributed by atoms with Crippen molar-refractivity contribution in [2.24, 2.45) is 0 Å². The molecule has 0 aromatic heterocycles. The highest BCUT2D eigenvalue weighted by Crippen LogP contribution is 2.18. The number of hydrogen-bond donors (Lipinski definition) is 1. The quantitative estimate of drug-likeness (QED) is 0.502. The Morgan fingerprint density at radius 3 is 2.15 bits per heavy atom. The molecule has 80 valence electrons. The molecular weight excluding hydrogens is 200 g/mol. The standard InChI is InChI=1S/C9H22O2SSi/c1-4-10-13(11-5-2)9(3)7-6-8-12/h9,12-13H,4-8H2,1-3H3. The van der Waals surface area contributed by atoms with Gasteiger partial charge in [-0.25, -0.2) is 0 Å². The van der Waals surface area contributed by atoms with Gasteiger partial charge in [-0.05, 0) is 38.0 Å². The van der Waals surface area contributed by atoms with Crippen molar-refractivity contribution in [1.29, 1.82) is 0 Å². The SMILES string of the molecule is CCO[SiH](OCC)C(C)CCCS. The molecule has 0 aromatic rings. The van der Waals surface area contributed by atoms with Crippen LogP contribution >= 0.6 is 12.6 Å². The van der Waals surface area contributed by atoms with Crippen LogP contribution in [0.25, 0.3) is 0 Å². The molecule has 0 aromatic carbocycles. The van der Waals surface area contributed by atoms with E-state index in [0.717, 1.165) is 25.4 Å². The van der Waals surface area contributed by atoms with Crippen molar-refractivity contribution in [3.8, 4) is 0 Å². The third kappa shape index (κ3) is 6.54. The van der Waals surface area contributed by atoms with Gasteiger partial charge in [-0.3, -0.25) is 0 Å². The van der Waals surface area contributed by atoms with Crippen molar-refractivity contribution in [1.82, 2.24) is 0 Å². The minimum absolute atomic E-state index is 0.604. The van der Waals surface area contributed by atoms with Gasteiger partial charge in [-0.2, -0.15) is 12.6 Å². The van der Waals surface area contributed by atoms with Crippen LogP contribution in [0.4, 0.5) is 0 Å². The van der Waals surface area contributed by atoms with Crippen molar-refractivity contribution >= 4 is 21.9 Å². The maximum atomic E-state index is 5.63. The number of rotatable bonds is 8. The van der Waals surface area contributed by atoms with E-state index >= 15 is 0 Å². The van der Waals surface area contributed by atoms with Gasteiger partial charge >= 0.3 is 9.28 Å². The fraction of sp³-hybridized carbons (Fsp3) is 1.00. The monoisotopic (exact) mass is 222 g/mol. The Kier molecular flexibility index (Phi) is 9.40. The molecule has 0 saturated carbocycles. The molecule has 1 unspecified atom stereocenters. The summed E-state index contributed by atoms with van der Waals surface area (Å²) in [7, 11) is -1.39. The summed E-state index contributed by atoms with van der Waals surface area (Å²) < 4.78 is 11.3. The highest BCUT2D eigenvalue weighted by molar-refractivity contribution is 7.80. The Bertz CT molecular complexity index is 108. The van der Waals surface area contributed by atoms with Gasteiger partial charge in [0, 0.05) is 13.2 Å². The number of thiol groups is 1. The lowest BCUT2D eigenvalue weighted by Crippen LogP contribution is -2.27. The highest BCUT2D eigenvalue weighted by Gasteiger charge is 2.20. The van der Waals surface area contributed by atoms with E-state index in [1.807, 2.05) is 13.8 Å². The van der Waals surface area contributed by atoms with Crippen molar-refractivity contribution < 1.29 is 8.85 Å². The fourth-order valence-corrected chi connectivity index (χ4v) is 3.36. The minimum Gasteiger partial charge on any atom is -0.397 e. The van der Waals surface area contributed by atoms with Crippen LogP contribution in [0.5, 0.6) is 0 Å². The summed E-state index contributed by atoms with van der Waals surface area (Å²) >= 11 is 4.20. The third-order valence-corrected chi connectivity index (χ3v) is 4.85. The van der Waals surface area contributed by atoms with Gasteiger partial charge < -0.3 is 8.85 Å². The van der Waals surface area contributed by atoms with Crippen LogP contribution in [0.3, 0.4) is 0 Å². The van der Waals surface area contributed by atoms with E-state index in [9.17, 15) is 0 Å². The highest BCUT2D eigenvalue weighted by atomic mass is 32.1. The summed E-state index contributed by atoms with van der Waals surface area (Å²) in [5.41, 5.74) is 0.604. The van der Waals surface area contributed by atoms with Gasteiger partial charge in [0.05, 0.1) is 0 Å². The summed E-state index contributed by atoms with van der Waals surface area (Å²) in [6.07, 6.45) is 2.34. The molecule has 0 saturated heterocycles. The van der Waals surface area contributed by atoms with Crippen LogP contribution in [0.15, 0.2) is 0 Å². The molecule has 1 atom stereocenters. The fourth-order valence-electron chi connectivity index (χ4n) is 1.25. The Balaban J connectivity index is 3.72. The molecular formula is C9H22O2SSi. The van der Waals surface area contributed by atoms with Gasteiger partial charge in [0.1, 0.15) is 0 Å².